The molecule has 1 heterocycles. The zero-order chi connectivity index (χ0) is 13.3. The molecule has 0 unspecified atom stereocenters. The monoisotopic (exact) mass is 332 g/mol. The van der Waals surface area contributed by atoms with E-state index in [1.165, 1.54) is 4.31 Å². The number of benzene rings is 1. The van der Waals surface area contributed by atoms with Crippen molar-refractivity contribution in [2.24, 2.45) is 0 Å². The average molecular weight is 333 g/mol. The molecule has 0 aliphatic carbocycles. The van der Waals surface area contributed by atoms with Crippen LogP contribution < -0.4 is 0 Å². The Balaban J connectivity index is 2.38. The Labute approximate surface area is 117 Å². The molecule has 1 atom stereocenters. The molecular formula is C12H17BrN2O2S. The summed E-state index contributed by atoms with van der Waals surface area (Å²) < 4.78 is 28.4. The molecule has 6 heteroatoms. The first kappa shape index (κ1) is 14.0. The summed E-state index contributed by atoms with van der Waals surface area (Å²) in [6, 6.07) is 7.76. The second kappa shape index (κ2) is 5.28. The third kappa shape index (κ3) is 2.47. The van der Waals surface area contributed by atoms with Gasteiger partial charge < -0.3 is 0 Å². The summed E-state index contributed by atoms with van der Waals surface area (Å²) >= 11 is 3.50. The van der Waals surface area contributed by atoms with Gasteiger partial charge in [-0.2, -0.15) is 17.0 Å². The Morgan fingerprint density at radius 1 is 1.33 bits per heavy atom. The molecule has 0 aromatic heterocycles. The summed E-state index contributed by atoms with van der Waals surface area (Å²) in [6.45, 7) is 0.590. The molecule has 0 spiro atoms. The van der Waals surface area contributed by atoms with Crippen LogP contribution in [-0.4, -0.2) is 37.7 Å². The third-order valence-electron chi connectivity index (χ3n) is 3.23. The molecule has 0 bridgehead atoms. The lowest BCUT2D eigenvalue weighted by Crippen LogP contribution is -2.39. The van der Waals surface area contributed by atoms with Crippen molar-refractivity contribution in [3.63, 3.8) is 0 Å². The molecule has 1 aromatic rings. The highest BCUT2D eigenvalue weighted by Gasteiger charge is 2.36. The van der Waals surface area contributed by atoms with Crippen LogP contribution in [0, 0.1) is 0 Å². The molecule has 1 saturated heterocycles. The molecule has 1 aromatic carbocycles. The first-order chi connectivity index (χ1) is 8.44. The third-order valence-corrected chi connectivity index (χ3v) is 5.90. The van der Waals surface area contributed by atoms with Crippen molar-refractivity contribution in [2.75, 3.05) is 20.6 Å². The fourth-order valence-electron chi connectivity index (χ4n) is 2.28. The maximum absolute atomic E-state index is 12.3. The van der Waals surface area contributed by atoms with Crippen molar-refractivity contribution < 1.29 is 8.42 Å². The van der Waals surface area contributed by atoms with E-state index in [0.29, 0.717) is 6.54 Å². The quantitative estimate of drug-likeness (QED) is 0.852. The standard InChI is InChI=1S/C12H17BrN2O2S/c1-14(2)18(16,17)15-9-5-8-12(15)10-6-3-4-7-11(10)13/h3-4,6-7,12H,5,8-9H2,1-2H3/t12-/m0/s1. The van der Waals surface area contributed by atoms with Crippen molar-refractivity contribution in [1.29, 1.82) is 0 Å². The lowest BCUT2D eigenvalue weighted by molar-refractivity contribution is 0.362. The van der Waals surface area contributed by atoms with Gasteiger partial charge >= 0.3 is 0 Å². The molecule has 4 nitrogen and oxygen atoms in total. The van der Waals surface area contributed by atoms with Gasteiger partial charge in [0.25, 0.3) is 10.2 Å². The lowest BCUT2D eigenvalue weighted by Gasteiger charge is -2.27. The maximum Gasteiger partial charge on any atom is 0.282 e. The summed E-state index contributed by atoms with van der Waals surface area (Å²) in [5, 5.41) is 0. The molecule has 0 saturated carbocycles. The smallest absolute Gasteiger partial charge is 0.195 e. The van der Waals surface area contributed by atoms with Gasteiger partial charge in [-0.3, -0.25) is 0 Å². The zero-order valence-electron chi connectivity index (χ0n) is 10.5. The highest BCUT2D eigenvalue weighted by atomic mass is 79.9. The Morgan fingerprint density at radius 3 is 2.61 bits per heavy atom. The van der Waals surface area contributed by atoms with E-state index in [-0.39, 0.29) is 6.04 Å². The topological polar surface area (TPSA) is 40.6 Å². The van der Waals surface area contributed by atoms with Crippen LogP contribution >= 0.6 is 15.9 Å². The molecule has 18 heavy (non-hydrogen) atoms. The average Bonchev–Trinajstić information content (AvgIpc) is 2.78. The number of rotatable bonds is 3. The second-order valence-electron chi connectivity index (χ2n) is 4.58. The van der Waals surface area contributed by atoms with Crippen molar-refractivity contribution in [2.45, 2.75) is 18.9 Å². The van der Waals surface area contributed by atoms with E-state index in [0.717, 1.165) is 22.9 Å². The van der Waals surface area contributed by atoms with Gasteiger partial charge in [-0.1, -0.05) is 34.1 Å². The van der Waals surface area contributed by atoms with E-state index in [1.807, 2.05) is 24.3 Å². The fourth-order valence-corrected chi connectivity index (χ4v) is 4.15. The van der Waals surface area contributed by atoms with E-state index in [1.54, 1.807) is 18.4 Å². The Morgan fingerprint density at radius 2 is 2.00 bits per heavy atom. The number of hydrogen-bond acceptors (Lipinski definition) is 2. The van der Waals surface area contributed by atoms with Crippen molar-refractivity contribution in [3.8, 4) is 0 Å². The number of halogens is 1. The van der Waals surface area contributed by atoms with Gasteiger partial charge in [0.15, 0.2) is 0 Å². The molecular weight excluding hydrogens is 316 g/mol. The predicted octanol–water partition coefficient (Wildman–Crippen LogP) is 2.39. The van der Waals surface area contributed by atoms with Crippen LogP contribution in [0.2, 0.25) is 0 Å². The van der Waals surface area contributed by atoms with Crippen molar-refractivity contribution in [1.82, 2.24) is 8.61 Å². The van der Waals surface area contributed by atoms with Gasteiger partial charge in [-0.25, -0.2) is 0 Å². The van der Waals surface area contributed by atoms with E-state index < -0.39 is 10.2 Å². The molecule has 100 valence electrons. The minimum Gasteiger partial charge on any atom is -0.195 e. The molecule has 2 rings (SSSR count). The van der Waals surface area contributed by atoms with Crippen LogP contribution in [0.25, 0.3) is 0 Å². The van der Waals surface area contributed by atoms with E-state index in [4.69, 9.17) is 0 Å². The van der Waals surface area contributed by atoms with E-state index in [2.05, 4.69) is 15.9 Å². The van der Waals surface area contributed by atoms with Crippen LogP contribution in [0.1, 0.15) is 24.4 Å². The zero-order valence-corrected chi connectivity index (χ0v) is 12.9. The minimum atomic E-state index is -3.34. The van der Waals surface area contributed by atoms with Gasteiger partial charge in [0.1, 0.15) is 0 Å². The Hall–Kier alpha value is -0.430. The number of nitrogens with zero attached hydrogens (tertiary/aromatic N) is 2. The largest absolute Gasteiger partial charge is 0.282 e. The second-order valence-corrected chi connectivity index (χ2v) is 7.53. The Bertz CT molecular complexity index is 531. The predicted molar refractivity (Wildman–Crippen MR) is 75.4 cm³/mol. The lowest BCUT2D eigenvalue weighted by atomic mass is 10.1. The Kier molecular flexibility index (Phi) is 4.11. The van der Waals surface area contributed by atoms with Crippen molar-refractivity contribution in [3.05, 3.63) is 34.3 Å². The summed E-state index contributed by atoms with van der Waals surface area (Å²) in [6.07, 6.45) is 1.77. The normalized spacial score (nSPS) is 21.7. The van der Waals surface area contributed by atoms with Crippen LogP contribution in [0.5, 0.6) is 0 Å². The summed E-state index contributed by atoms with van der Waals surface area (Å²) in [5.41, 5.74) is 1.04. The minimum absolute atomic E-state index is 0.0621. The number of hydrogen-bond donors (Lipinski definition) is 0. The van der Waals surface area contributed by atoms with E-state index in [9.17, 15) is 8.42 Å². The maximum atomic E-state index is 12.3. The molecule has 1 aliphatic heterocycles. The van der Waals surface area contributed by atoms with Gasteiger partial charge in [-0.15, -0.1) is 0 Å². The molecule has 1 aliphatic rings. The van der Waals surface area contributed by atoms with Crippen LogP contribution in [0.4, 0.5) is 0 Å². The fraction of sp³-hybridized carbons (Fsp3) is 0.500. The summed E-state index contributed by atoms with van der Waals surface area (Å²) in [7, 11) is -0.197. The van der Waals surface area contributed by atoms with Crippen LogP contribution in [0.3, 0.4) is 0 Å². The molecule has 0 N–H and O–H groups in total. The van der Waals surface area contributed by atoms with E-state index >= 15 is 0 Å². The molecule has 0 radical (unpaired) electrons. The van der Waals surface area contributed by atoms with Gasteiger partial charge in [0.2, 0.25) is 0 Å². The van der Waals surface area contributed by atoms with Crippen LogP contribution in [0.15, 0.2) is 28.7 Å². The highest BCUT2D eigenvalue weighted by molar-refractivity contribution is 9.10. The van der Waals surface area contributed by atoms with Crippen molar-refractivity contribution >= 4 is 26.1 Å². The summed E-state index contributed by atoms with van der Waals surface area (Å²) in [5.74, 6) is 0. The summed E-state index contributed by atoms with van der Waals surface area (Å²) in [4.78, 5) is 0. The van der Waals surface area contributed by atoms with Gasteiger partial charge in [-0.05, 0) is 24.5 Å². The van der Waals surface area contributed by atoms with Gasteiger partial charge in [0, 0.05) is 25.1 Å². The highest BCUT2D eigenvalue weighted by Crippen LogP contribution is 2.37. The van der Waals surface area contributed by atoms with Crippen LogP contribution in [-0.2, 0) is 10.2 Å². The first-order valence-electron chi connectivity index (χ1n) is 5.88. The molecule has 0 amide bonds. The first-order valence-corrected chi connectivity index (χ1v) is 8.07. The van der Waals surface area contributed by atoms with Gasteiger partial charge in [0.05, 0.1) is 6.04 Å². The molecule has 1 fully saturated rings. The SMILES string of the molecule is CN(C)S(=O)(=O)N1CCC[C@H]1c1ccccc1Br.